The van der Waals surface area contributed by atoms with Crippen molar-refractivity contribution >= 4 is 34.1 Å². The molecular weight excluding hydrogens is 1430 g/mol. The van der Waals surface area contributed by atoms with Crippen molar-refractivity contribution < 1.29 is 0 Å². The maximum absolute atomic E-state index is 2.52. The van der Waals surface area contributed by atoms with E-state index in [-0.39, 0.29) is 10.8 Å². The van der Waals surface area contributed by atoms with E-state index in [0.717, 1.165) is 69.2 Å². The predicted molar refractivity (Wildman–Crippen MR) is 501 cm³/mol. The molecule has 2 unspecified atom stereocenters. The normalized spacial score (nSPS) is 14.3. The molecule has 119 heavy (non-hydrogen) atoms. The van der Waals surface area contributed by atoms with Crippen molar-refractivity contribution in [3.8, 4) is 100 Å². The molecule has 0 N–H and O–H groups in total. The number of nitrogens with zero attached hydrogens (tertiary/aromatic N) is 2. The number of hydrogen-bond acceptors (Lipinski definition) is 2. The molecule has 2 atom stereocenters. The Labute approximate surface area is 701 Å². The molecule has 0 heterocycles. The molecule has 2 nitrogen and oxygen atoms in total. The van der Waals surface area contributed by atoms with Crippen LogP contribution in [0.3, 0.4) is 0 Å². The first-order chi connectivity index (χ1) is 58.3. The van der Waals surface area contributed by atoms with E-state index in [1.54, 1.807) is 0 Å². The van der Waals surface area contributed by atoms with Gasteiger partial charge in [-0.3, -0.25) is 0 Å². The van der Waals surface area contributed by atoms with Crippen molar-refractivity contribution in [1.29, 1.82) is 0 Å². The monoisotopic (exact) mass is 1530 g/mol. The van der Waals surface area contributed by atoms with E-state index < -0.39 is 5.41 Å². The zero-order valence-electron chi connectivity index (χ0n) is 68.5. The molecule has 4 aliphatic rings. The second kappa shape index (κ2) is 29.5. The van der Waals surface area contributed by atoms with Gasteiger partial charge in [0.15, 0.2) is 0 Å². The summed E-state index contributed by atoms with van der Waals surface area (Å²) in [6.45, 7) is 14.3. The number of rotatable bonds is 19. The fraction of sp³-hybridized carbons (Fsp3) is 0.128. The first kappa shape index (κ1) is 73.0. The number of fused-ring (bicyclic) bond motifs is 10. The Morgan fingerprint density at radius 2 is 0.546 bits per heavy atom. The Morgan fingerprint density at radius 3 is 0.958 bits per heavy atom. The van der Waals surface area contributed by atoms with Crippen molar-refractivity contribution in [2.75, 3.05) is 9.80 Å². The molecule has 0 aliphatic heterocycles. The summed E-state index contributed by atoms with van der Waals surface area (Å²) < 4.78 is 0. The highest BCUT2D eigenvalue weighted by Crippen LogP contribution is 2.59. The summed E-state index contributed by atoms with van der Waals surface area (Å²) in [6.07, 6.45) is 4.59. The molecule has 0 radical (unpaired) electrons. The van der Waals surface area contributed by atoms with E-state index >= 15 is 0 Å². The van der Waals surface area contributed by atoms with Gasteiger partial charge in [0, 0.05) is 45.0 Å². The van der Waals surface area contributed by atoms with E-state index in [1.165, 1.54) is 157 Å². The van der Waals surface area contributed by atoms with E-state index in [1.807, 2.05) is 0 Å². The van der Waals surface area contributed by atoms with Crippen LogP contribution in [0.5, 0.6) is 0 Å². The Kier molecular flexibility index (Phi) is 18.1. The molecule has 572 valence electrons. The number of hydrogen-bond donors (Lipinski definition) is 0. The molecular formula is C117H94N2. The van der Waals surface area contributed by atoms with E-state index in [2.05, 4.69) is 452 Å². The van der Waals surface area contributed by atoms with Gasteiger partial charge < -0.3 is 9.80 Å². The van der Waals surface area contributed by atoms with Crippen LogP contribution in [-0.4, -0.2) is 0 Å². The molecule has 2 heteroatoms. The molecule has 0 saturated carbocycles. The summed E-state index contributed by atoms with van der Waals surface area (Å²) in [7, 11) is 0. The van der Waals surface area contributed by atoms with Gasteiger partial charge in [0.05, 0.1) is 5.41 Å². The first-order valence-electron chi connectivity index (χ1n) is 42.7. The second-order valence-corrected chi connectivity index (χ2v) is 34.6. The number of aryl methyl sites for hydroxylation is 2. The molecule has 17 aromatic carbocycles. The first-order valence-corrected chi connectivity index (χ1v) is 42.7. The van der Waals surface area contributed by atoms with E-state index in [0.29, 0.717) is 11.8 Å². The van der Waals surface area contributed by atoms with Crippen molar-refractivity contribution in [1.82, 2.24) is 0 Å². The van der Waals surface area contributed by atoms with Gasteiger partial charge in [-0.15, -0.1) is 0 Å². The van der Waals surface area contributed by atoms with Gasteiger partial charge in [-0.1, -0.05) is 357 Å². The summed E-state index contributed by atoms with van der Waals surface area (Å²) in [5, 5.41) is 0. The highest BCUT2D eigenvalue weighted by molar-refractivity contribution is 5.93. The van der Waals surface area contributed by atoms with Crippen LogP contribution in [0, 0.1) is 0 Å². The average molecular weight is 1530 g/mol. The van der Waals surface area contributed by atoms with Crippen LogP contribution in [0.15, 0.2) is 400 Å². The zero-order valence-corrected chi connectivity index (χ0v) is 68.5. The summed E-state index contributed by atoms with van der Waals surface area (Å²) >= 11 is 0. The minimum Gasteiger partial charge on any atom is -0.310 e. The minimum absolute atomic E-state index is 0.161. The van der Waals surface area contributed by atoms with Gasteiger partial charge in [0.25, 0.3) is 0 Å². The lowest BCUT2D eigenvalue weighted by Crippen LogP contribution is -2.28. The topological polar surface area (TPSA) is 6.48 Å². The molecule has 0 fully saturated rings. The standard InChI is InChI=1S/C117H94N2/c1-7-78(71-77(2)79-31-33-87(34-32-79)91-41-39-88-40-42-92(88)72-91)82-35-37-83(38-36-82)84-43-55-96(56-44-84)117(95-25-15-10-16-26-95)113-73-93(89-49-61-99(62-50-89)118(97-57-45-85(46-58-97)80-21-11-8-12-22-80)101-65-69-105-103-27-17-19-29-109(103)115(3,4)111(105)75-101)53-67-107(113)108-68-54-94(74-114(108)117)90-51-63-100(64-52-90)119(98-59-47-86(48-60-98)81-23-13-9-14-24-81)102-66-70-106-104-28-18-20-30-110(104)116(5,6)112(106)76-102/h8-39,41,43-70,72-78H,7,40,42,71H2,1-6H3. The Balaban J connectivity index is 0.653. The smallest absolute Gasteiger partial charge is 0.0714 e. The van der Waals surface area contributed by atoms with Gasteiger partial charge in [0.1, 0.15) is 0 Å². The van der Waals surface area contributed by atoms with E-state index in [9.17, 15) is 0 Å². The van der Waals surface area contributed by atoms with Crippen molar-refractivity contribution in [2.24, 2.45) is 0 Å². The molecule has 21 rings (SSSR count). The highest BCUT2D eigenvalue weighted by atomic mass is 15.1. The molecule has 0 amide bonds. The van der Waals surface area contributed by atoms with Crippen LogP contribution in [-0.2, 0) is 29.1 Å². The van der Waals surface area contributed by atoms with Gasteiger partial charge in [-0.2, -0.15) is 0 Å². The van der Waals surface area contributed by atoms with Crippen molar-refractivity contribution in [2.45, 2.75) is 95.3 Å². The van der Waals surface area contributed by atoms with E-state index in [4.69, 9.17) is 0 Å². The molecule has 0 bridgehead atoms. The highest BCUT2D eigenvalue weighted by Gasteiger charge is 2.47. The summed E-state index contributed by atoms with van der Waals surface area (Å²) in [5.74, 6) is 0.863. The van der Waals surface area contributed by atoms with Crippen LogP contribution in [0.1, 0.15) is 133 Å². The maximum atomic E-state index is 2.52. The Morgan fingerprint density at radius 1 is 0.244 bits per heavy atom. The second-order valence-electron chi connectivity index (χ2n) is 34.6. The largest absolute Gasteiger partial charge is 0.310 e. The third-order valence-electron chi connectivity index (χ3n) is 27.2. The fourth-order valence-corrected chi connectivity index (χ4v) is 20.5. The van der Waals surface area contributed by atoms with Gasteiger partial charge in [0.2, 0.25) is 0 Å². The SMILES string of the molecule is CCC(CC(C)c1ccc(-c2ccc3c(c2)CC3)cc1)c1ccc(-c2ccc(C3(c4ccccc4)c4cc(-c5ccc(N(c6ccc(-c7ccccc7)cc6)c6ccc7c(c6)C(C)(C)c6ccccc6-7)cc5)ccc4-c4ccc(-c5ccc(N(c6ccc(-c7ccccc7)cc6)c6ccc7c(c6)C(C)(C)c6ccccc6-7)cc5)cc43)cc2)cc1. The molecule has 17 aromatic rings. The third kappa shape index (κ3) is 12.6. The van der Waals surface area contributed by atoms with Crippen molar-refractivity contribution in [3.63, 3.8) is 0 Å². The Bertz CT molecular complexity index is 6390. The molecule has 0 saturated heterocycles. The lowest BCUT2D eigenvalue weighted by atomic mass is 9.67. The van der Waals surface area contributed by atoms with Crippen LogP contribution >= 0.6 is 0 Å². The molecule has 0 aromatic heterocycles. The lowest BCUT2D eigenvalue weighted by molar-refractivity contribution is 0.544. The van der Waals surface area contributed by atoms with Crippen LogP contribution < -0.4 is 9.80 Å². The van der Waals surface area contributed by atoms with Gasteiger partial charge >= 0.3 is 0 Å². The minimum atomic E-state index is -0.721. The number of benzene rings is 17. The van der Waals surface area contributed by atoms with Gasteiger partial charge in [-0.25, -0.2) is 0 Å². The van der Waals surface area contributed by atoms with Crippen LogP contribution in [0.2, 0.25) is 0 Å². The zero-order chi connectivity index (χ0) is 80.1. The summed E-state index contributed by atoms with van der Waals surface area (Å²) in [4.78, 5) is 4.88. The lowest BCUT2D eigenvalue weighted by Gasteiger charge is -2.34. The fourth-order valence-electron chi connectivity index (χ4n) is 20.5. The molecule has 4 aliphatic carbocycles. The van der Waals surface area contributed by atoms with Crippen LogP contribution in [0.25, 0.3) is 100 Å². The summed E-state index contributed by atoms with van der Waals surface area (Å²) in [5.41, 5.74) is 44.0. The third-order valence-corrected chi connectivity index (χ3v) is 27.2. The quantitative estimate of drug-likeness (QED) is 0.0796. The summed E-state index contributed by atoms with van der Waals surface area (Å²) in [6, 6.07) is 152. The molecule has 0 spiro atoms. The van der Waals surface area contributed by atoms with Crippen LogP contribution in [0.4, 0.5) is 34.1 Å². The van der Waals surface area contributed by atoms with Crippen molar-refractivity contribution in [3.05, 3.63) is 467 Å². The maximum Gasteiger partial charge on any atom is 0.0714 e. The Hall–Kier alpha value is -13.7. The average Bonchev–Trinajstić information content (AvgIpc) is 1.53. The predicted octanol–water partition coefficient (Wildman–Crippen LogP) is 31.4. The van der Waals surface area contributed by atoms with Gasteiger partial charge in [-0.05, 0) is 289 Å². The number of anilines is 6.